The predicted molar refractivity (Wildman–Crippen MR) is 48.6 cm³/mol. The summed E-state index contributed by atoms with van der Waals surface area (Å²) in [5, 5.41) is 0. The van der Waals surface area contributed by atoms with Crippen LogP contribution in [0, 0.1) is 6.92 Å². The van der Waals surface area contributed by atoms with Crippen LogP contribution in [0.25, 0.3) is 0 Å². The van der Waals surface area contributed by atoms with Crippen LogP contribution in [0.2, 0.25) is 0 Å². The lowest BCUT2D eigenvalue weighted by Crippen LogP contribution is -2.34. The summed E-state index contributed by atoms with van der Waals surface area (Å²) in [6.45, 7) is 5.37. The molecule has 0 aromatic rings. The van der Waals surface area contributed by atoms with Gasteiger partial charge in [0.15, 0.2) is 0 Å². The summed E-state index contributed by atoms with van der Waals surface area (Å²) in [7, 11) is 4.12. The van der Waals surface area contributed by atoms with Gasteiger partial charge in [-0.15, -0.1) is 0 Å². The standard InChI is InChI=1S/C9H17N2O/c1-4-9(12)11-6-5-8(7-11)10(2)3/h8H,1,4-7H2,2-3H3. The second-order valence-corrected chi connectivity index (χ2v) is 3.50. The number of rotatable bonds is 2. The van der Waals surface area contributed by atoms with E-state index in [9.17, 15) is 4.79 Å². The van der Waals surface area contributed by atoms with Crippen molar-refractivity contribution in [2.45, 2.75) is 18.9 Å². The Bertz CT molecular complexity index is 168. The minimum Gasteiger partial charge on any atom is -0.341 e. The quantitative estimate of drug-likeness (QED) is 0.596. The second kappa shape index (κ2) is 3.90. The monoisotopic (exact) mass is 169 g/mol. The zero-order valence-corrected chi connectivity index (χ0v) is 7.92. The van der Waals surface area contributed by atoms with E-state index in [2.05, 4.69) is 25.9 Å². The van der Waals surface area contributed by atoms with Gasteiger partial charge in [0.05, 0.1) is 0 Å². The summed E-state index contributed by atoms with van der Waals surface area (Å²) >= 11 is 0. The van der Waals surface area contributed by atoms with E-state index in [1.807, 2.05) is 4.90 Å². The molecule has 1 heterocycles. The highest BCUT2D eigenvalue weighted by Gasteiger charge is 2.25. The molecular weight excluding hydrogens is 152 g/mol. The van der Waals surface area contributed by atoms with Gasteiger partial charge in [0.1, 0.15) is 0 Å². The SMILES string of the molecule is [CH2]CC(=O)N1CCC(N(C)C)C1. The maximum Gasteiger partial charge on any atom is 0.222 e. The predicted octanol–water partition coefficient (Wildman–Crippen LogP) is 0.373. The van der Waals surface area contributed by atoms with Crippen molar-refractivity contribution in [1.29, 1.82) is 0 Å². The molecule has 3 nitrogen and oxygen atoms in total. The fraction of sp³-hybridized carbons (Fsp3) is 0.778. The smallest absolute Gasteiger partial charge is 0.222 e. The van der Waals surface area contributed by atoms with Gasteiger partial charge < -0.3 is 9.80 Å². The maximum absolute atomic E-state index is 11.2. The molecule has 0 aromatic heterocycles. The lowest BCUT2D eigenvalue weighted by molar-refractivity contribution is -0.129. The number of hydrogen-bond donors (Lipinski definition) is 0. The van der Waals surface area contributed by atoms with E-state index in [-0.39, 0.29) is 5.91 Å². The molecule has 0 N–H and O–H groups in total. The van der Waals surface area contributed by atoms with Crippen LogP contribution in [0.5, 0.6) is 0 Å². The summed E-state index contributed by atoms with van der Waals surface area (Å²) in [4.78, 5) is 15.3. The third-order valence-corrected chi connectivity index (χ3v) is 2.46. The lowest BCUT2D eigenvalue weighted by Gasteiger charge is -2.19. The van der Waals surface area contributed by atoms with Crippen LogP contribution in [0.15, 0.2) is 0 Å². The Hall–Kier alpha value is -0.570. The van der Waals surface area contributed by atoms with Crippen LogP contribution in [0.4, 0.5) is 0 Å². The minimum atomic E-state index is 0.180. The van der Waals surface area contributed by atoms with Gasteiger partial charge in [-0.3, -0.25) is 4.79 Å². The molecule has 1 aliphatic rings. The summed E-state index contributed by atoms with van der Waals surface area (Å²) in [6.07, 6.45) is 1.49. The molecule has 12 heavy (non-hydrogen) atoms. The van der Waals surface area contributed by atoms with Gasteiger partial charge in [-0.05, 0) is 27.4 Å². The van der Waals surface area contributed by atoms with Gasteiger partial charge in [0, 0.05) is 25.6 Å². The summed E-state index contributed by atoms with van der Waals surface area (Å²) in [6, 6.07) is 0.542. The van der Waals surface area contributed by atoms with Gasteiger partial charge in [-0.2, -0.15) is 0 Å². The van der Waals surface area contributed by atoms with Crippen molar-refractivity contribution >= 4 is 5.91 Å². The molecular formula is C9H17N2O. The van der Waals surface area contributed by atoms with Crippen LogP contribution in [0.1, 0.15) is 12.8 Å². The highest BCUT2D eigenvalue weighted by Crippen LogP contribution is 2.13. The number of amides is 1. The van der Waals surface area contributed by atoms with E-state index >= 15 is 0 Å². The van der Waals surface area contributed by atoms with E-state index in [0.29, 0.717) is 12.5 Å². The van der Waals surface area contributed by atoms with Crippen molar-refractivity contribution in [3.8, 4) is 0 Å². The van der Waals surface area contributed by atoms with E-state index in [4.69, 9.17) is 0 Å². The van der Waals surface area contributed by atoms with E-state index in [0.717, 1.165) is 19.5 Å². The summed E-state index contributed by atoms with van der Waals surface area (Å²) < 4.78 is 0. The average molecular weight is 169 g/mol. The van der Waals surface area contributed by atoms with Gasteiger partial charge in [-0.1, -0.05) is 0 Å². The van der Waals surface area contributed by atoms with Crippen molar-refractivity contribution in [3.63, 3.8) is 0 Å². The van der Waals surface area contributed by atoms with E-state index < -0.39 is 0 Å². The molecule has 1 radical (unpaired) electrons. The number of nitrogens with zero attached hydrogens (tertiary/aromatic N) is 2. The first kappa shape index (κ1) is 9.52. The molecule has 1 atom stereocenters. The van der Waals surface area contributed by atoms with Gasteiger partial charge >= 0.3 is 0 Å². The van der Waals surface area contributed by atoms with Crippen molar-refractivity contribution < 1.29 is 4.79 Å². The van der Waals surface area contributed by atoms with Crippen molar-refractivity contribution in [2.75, 3.05) is 27.2 Å². The molecule has 1 aliphatic heterocycles. The normalized spacial score (nSPS) is 23.7. The molecule has 69 valence electrons. The zero-order chi connectivity index (χ0) is 9.14. The van der Waals surface area contributed by atoms with Crippen molar-refractivity contribution in [3.05, 3.63) is 6.92 Å². The number of hydrogen-bond acceptors (Lipinski definition) is 2. The minimum absolute atomic E-state index is 0.180. The molecule has 0 bridgehead atoms. The fourth-order valence-corrected chi connectivity index (χ4v) is 1.55. The highest BCUT2D eigenvalue weighted by molar-refractivity contribution is 5.76. The number of carbonyl (C=O) groups excluding carboxylic acids is 1. The highest BCUT2D eigenvalue weighted by atomic mass is 16.2. The average Bonchev–Trinajstić information content (AvgIpc) is 2.51. The molecule has 1 unspecified atom stereocenters. The van der Waals surface area contributed by atoms with Gasteiger partial charge in [-0.25, -0.2) is 0 Å². The first-order valence-corrected chi connectivity index (χ1v) is 4.38. The van der Waals surface area contributed by atoms with E-state index in [1.165, 1.54) is 0 Å². The fourth-order valence-electron chi connectivity index (χ4n) is 1.55. The zero-order valence-electron chi connectivity index (χ0n) is 7.92. The molecule has 0 aliphatic carbocycles. The Morgan fingerprint density at radius 1 is 1.67 bits per heavy atom. The summed E-state index contributed by atoms with van der Waals surface area (Å²) in [5.41, 5.74) is 0. The Kier molecular flexibility index (Phi) is 3.09. The van der Waals surface area contributed by atoms with Crippen molar-refractivity contribution in [2.24, 2.45) is 0 Å². The molecule has 1 amide bonds. The van der Waals surface area contributed by atoms with Crippen LogP contribution in [0.3, 0.4) is 0 Å². The lowest BCUT2D eigenvalue weighted by atomic mass is 10.2. The molecule has 1 saturated heterocycles. The third-order valence-electron chi connectivity index (χ3n) is 2.46. The first-order valence-electron chi connectivity index (χ1n) is 4.38. The number of carbonyl (C=O) groups is 1. The third kappa shape index (κ3) is 1.97. The van der Waals surface area contributed by atoms with Crippen LogP contribution in [-0.4, -0.2) is 48.9 Å². The van der Waals surface area contributed by atoms with Crippen LogP contribution >= 0.6 is 0 Å². The maximum atomic E-state index is 11.2. The molecule has 3 heteroatoms. The molecule has 0 spiro atoms. The topological polar surface area (TPSA) is 23.6 Å². The Morgan fingerprint density at radius 2 is 2.33 bits per heavy atom. The molecule has 0 saturated carbocycles. The Labute approximate surface area is 74.3 Å². The number of likely N-dealkylation sites (N-methyl/N-ethyl adjacent to an activating group) is 1. The van der Waals surface area contributed by atoms with Crippen LogP contribution in [-0.2, 0) is 4.79 Å². The second-order valence-electron chi connectivity index (χ2n) is 3.50. The Balaban J connectivity index is 2.40. The molecule has 1 rings (SSSR count). The molecule has 0 aromatic carbocycles. The number of likely N-dealkylation sites (tertiary alicyclic amines) is 1. The molecule has 1 fully saturated rings. The Morgan fingerprint density at radius 3 is 2.75 bits per heavy atom. The van der Waals surface area contributed by atoms with Crippen LogP contribution < -0.4 is 0 Å². The van der Waals surface area contributed by atoms with Gasteiger partial charge in [0.25, 0.3) is 0 Å². The van der Waals surface area contributed by atoms with Gasteiger partial charge in [0.2, 0.25) is 5.91 Å². The van der Waals surface area contributed by atoms with E-state index in [1.54, 1.807) is 0 Å². The van der Waals surface area contributed by atoms with Crippen molar-refractivity contribution in [1.82, 2.24) is 9.80 Å². The largest absolute Gasteiger partial charge is 0.341 e. The first-order chi connectivity index (χ1) is 5.65. The summed E-state index contributed by atoms with van der Waals surface area (Å²) in [5.74, 6) is 0.180.